The molecule has 1 heterocycles. The van der Waals surface area contributed by atoms with Gasteiger partial charge < -0.3 is 15.2 Å². The zero-order valence-corrected chi connectivity index (χ0v) is 13.5. The summed E-state index contributed by atoms with van der Waals surface area (Å²) in [6.45, 7) is 0. The predicted molar refractivity (Wildman–Crippen MR) is 93.3 cm³/mol. The van der Waals surface area contributed by atoms with Crippen molar-refractivity contribution in [3.8, 4) is 0 Å². The van der Waals surface area contributed by atoms with Crippen molar-refractivity contribution >= 4 is 28.5 Å². The molecule has 1 saturated carbocycles. The Morgan fingerprint density at radius 1 is 1.08 bits per heavy atom. The Hall–Kier alpha value is -3.15. The molecule has 1 fully saturated rings. The maximum atomic E-state index is 12.2. The van der Waals surface area contributed by atoms with Crippen molar-refractivity contribution in [1.82, 2.24) is 10.5 Å². The SMILES string of the molecule is O=C(Cc1noc2ccccc12)Nc1ccc(C(=O)NC2CC2)cc1. The van der Waals surface area contributed by atoms with Crippen molar-refractivity contribution in [1.29, 1.82) is 0 Å². The lowest BCUT2D eigenvalue weighted by Crippen LogP contribution is -2.25. The lowest BCUT2D eigenvalue weighted by Gasteiger charge is -2.06. The molecule has 4 rings (SSSR count). The van der Waals surface area contributed by atoms with Gasteiger partial charge in [-0.15, -0.1) is 0 Å². The number of carbonyl (C=O) groups is 2. The highest BCUT2D eigenvalue weighted by atomic mass is 16.5. The fourth-order valence-electron chi connectivity index (χ4n) is 2.62. The lowest BCUT2D eigenvalue weighted by atomic mass is 10.1. The third kappa shape index (κ3) is 3.52. The van der Waals surface area contributed by atoms with E-state index in [1.54, 1.807) is 24.3 Å². The highest BCUT2D eigenvalue weighted by Crippen LogP contribution is 2.20. The molecule has 0 saturated heterocycles. The van der Waals surface area contributed by atoms with E-state index in [9.17, 15) is 9.59 Å². The van der Waals surface area contributed by atoms with Crippen molar-refractivity contribution in [2.75, 3.05) is 5.32 Å². The van der Waals surface area contributed by atoms with E-state index in [-0.39, 0.29) is 18.2 Å². The zero-order chi connectivity index (χ0) is 17.2. The summed E-state index contributed by atoms with van der Waals surface area (Å²) in [6.07, 6.45) is 2.23. The molecule has 1 aliphatic rings. The van der Waals surface area contributed by atoms with Crippen LogP contribution in [0.25, 0.3) is 11.0 Å². The van der Waals surface area contributed by atoms with Gasteiger partial charge in [0.15, 0.2) is 5.58 Å². The van der Waals surface area contributed by atoms with Gasteiger partial charge >= 0.3 is 0 Å². The molecular weight excluding hydrogens is 318 g/mol. The average molecular weight is 335 g/mol. The normalized spacial score (nSPS) is 13.6. The first kappa shape index (κ1) is 15.4. The van der Waals surface area contributed by atoms with Gasteiger partial charge in [-0.05, 0) is 49.2 Å². The van der Waals surface area contributed by atoms with Gasteiger partial charge in [0, 0.05) is 22.7 Å². The highest BCUT2D eigenvalue weighted by Gasteiger charge is 2.23. The number of fused-ring (bicyclic) bond motifs is 1. The van der Waals surface area contributed by atoms with Crippen LogP contribution in [-0.2, 0) is 11.2 Å². The van der Waals surface area contributed by atoms with E-state index >= 15 is 0 Å². The number of nitrogens with one attached hydrogen (secondary N) is 2. The van der Waals surface area contributed by atoms with Gasteiger partial charge in [-0.25, -0.2) is 0 Å². The van der Waals surface area contributed by atoms with Crippen molar-refractivity contribution in [2.45, 2.75) is 25.3 Å². The van der Waals surface area contributed by atoms with Crippen LogP contribution in [0.1, 0.15) is 28.9 Å². The fraction of sp³-hybridized carbons (Fsp3) is 0.211. The minimum Gasteiger partial charge on any atom is -0.356 e. The molecule has 2 aromatic carbocycles. The summed E-state index contributed by atoms with van der Waals surface area (Å²) >= 11 is 0. The minimum absolute atomic E-state index is 0.0746. The van der Waals surface area contributed by atoms with Crippen LogP contribution in [0, 0.1) is 0 Å². The van der Waals surface area contributed by atoms with E-state index in [0.717, 1.165) is 18.2 Å². The molecule has 25 heavy (non-hydrogen) atoms. The topological polar surface area (TPSA) is 84.2 Å². The maximum Gasteiger partial charge on any atom is 0.251 e. The van der Waals surface area contributed by atoms with Gasteiger partial charge in [-0.1, -0.05) is 17.3 Å². The summed E-state index contributed by atoms with van der Waals surface area (Å²) in [5.74, 6) is -0.260. The number of hydrogen-bond acceptors (Lipinski definition) is 4. The largest absolute Gasteiger partial charge is 0.356 e. The zero-order valence-electron chi connectivity index (χ0n) is 13.5. The first-order valence-corrected chi connectivity index (χ1v) is 8.23. The Kier molecular flexibility index (Phi) is 3.93. The molecule has 0 spiro atoms. The lowest BCUT2D eigenvalue weighted by molar-refractivity contribution is -0.115. The number of amides is 2. The summed E-state index contributed by atoms with van der Waals surface area (Å²) in [5, 5.41) is 10.5. The fourth-order valence-corrected chi connectivity index (χ4v) is 2.62. The van der Waals surface area contributed by atoms with Crippen LogP contribution in [0.2, 0.25) is 0 Å². The summed E-state index contributed by atoms with van der Waals surface area (Å²) in [6, 6.07) is 14.6. The van der Waals surface area contributed by atoms with Crippen molar-refractivity contribution in [3.63, 3.8) is 0 Å². The Morgan fingerprint density at radius 3 is 2.60 bits per heavy atom. The van der Waals surface area contributed by atoms with E-state index in [0.29, 0.717) is 28.6 Å². The molecule has 6 heteroatoms. The van der Waals surface area contributed by atoms with Crippen LogP contribution >= 0.6 is 0 Å². The molecule has 0 atom stereocenters. The Labute approximate surface area is 144 Å². The van der Waals surface area contributed by atoms with Crippen LogP contribution in [0.4, 0.5) is 5.69 Å². The smallest absolute Gasteiger partial charge is 0.251 e. The highest BCUT2D eigenvalue weighted by molar-refractivity contribution is 5.97. The van der Waals surface area contributed by atoms with Crippen LogP contribution in [0.15, 0.2) is 53.1 Å². The predicted octanol–water partition coefficient (Wildman–Crippen LogP) is 2.90. The van der Waals surface area contributed by atoms with Gasteiger partial charge in [-0.2, -0.15) is 0 Å². The number of aromatic nitrogens is 1. The second-order valence-electron chi connectivity index (χ2n) is 6.18. The standard InChI is InChI=1S/C19H17N3O3/c23-18(11-16-15-3-1-2-4-17(15)25-22-16)20-13-7-5-12(6-8-13)19(24)21-14-9-10-14/h1-8,14H,9-11H2,(H,20,23)(H,21,24). The third-order valence-corrected chi connectivity index (χ3v) is 4.12. The van der Waals surface area contributed by atoms with Crippen LogP contribution < -0.4 is 10.6 Å². The summed E-state index contributed by atoms with van der Waals surface area (Å²) < 4.78 is 5.20. The van der Waals surface area contributed by atoms with Gasteiger partial charge in [0.05, 0.1) is 6.42 Å². The Balaban J connectivity index is 1.39. The molecule has 1 aliphatic carbocycles. The second kappa shape index (κ2) is 6.39. The third-order valence-electron chi connectivity index (χ3n) is 4.12. The van der Waals surface area contributed by atoms with Gasteiger partial charge in [0.25, 0.3) is 5.91 Å². The molecule has 1 aromatic heterocycles. The van der Waals surface area contributed by atoms with Crippen molar-refractivity contribution < 1.29 is 14.1 Å². The number of anilines is 1. The van der Waals surface area contributed by atoms with E-state index in [4.69, 9.17) is 4.52 Å². The van der Waals surface area contributed by atoms with E-state index in [2.05, 4.69) is 15.8 Å². The number of hydrogen-bond donors (Lipinski definition) is 2. The number of para-hydroxylation sites is 1. The van der Waals surface area contributed by atoms with Gasteiger partial charge in [-0.3, -0.25) is 9.59 Å². The maximum absolute atomic E-state index is 12.2. The summed E-state index contributed by atoms with van der Waals surface area (Å²) in [4.78, 5) is 24.2. The summed E-state index contributed by atoms with van der Waals surface area (Å²) in [5.41, 5.74) is 2.50. The minimum atomic E-state index is -0.186. The molecule has 2 N–H and O–H groups in total. The number of benzene rings is 2. The van der Waals surface area contributed by atoms with E-state index < -0.39 is 0 Å². The molecule has 0 radical (unpaired) electrons. The van der Waals surface area contributed by atoms with Gasteiger partial charge in [0.2, 0.25) is 5.91 Å². The molecule has 0 unspecified atom stereocenters. The van der Waals surface area contributed by atoms with E-state index in [1.807, 2.05) is 24.3 Å². The average Bonchev–Trinajstić information content (AvgIpc) is 3.35. The van der Waals surface area contributed by atoms with Crippen LogP contribution in [0.3, 0.4) is 0 Å². The molecule has 126 valence electrons. The molecule has 0 bridgehead atoms. The van der Waals surface area contributed by atoms with Crippen molar-refractivity contribution in [2.24, 2.45) is 0 Å². The number of nitrogens with zero attached hydrogens (tertiary/aromatic N) is 1. The number of rotatable bonds is 5. The Bertz CT molecular complexity index is 926. The quantitative estimate of drug-likeness (QED) is 0.751. The molecule has 3 aromatic rings. The molecule has 2 amide bonds. The van der Waals surface area contributed by atoms with Crippen LogP contribution in [0.5, 0.6) is 0 Å². The molecule has 0 aliphatic heterocycles. The Morgan fingerprint density at radius 2 is 1.84 bits per heavy atom. The second-order valence-corrected chi connectivity index (χ2v) is 6.18. The number of carbonyl (C=O) groups excluding carboxylic acids is 2. The first-order valence-electron chi connectivity index (χ1n) is 8.23. The van der Waals surface area contributed by atoms with Crippen LogP contribution in [-0.4, -0.2) is 23.0 Å². The van der Waals surface area contributed by atoms with Gasteiger partial charge in [0.1, 0.15) is 5.69 Å². The molecular formula is C19H17N3O3. The first-order chi connectivity index (χ1) is 12.2. The molecule has 6 nitrogen and oxygen atoms in total. The monoisotopic (exact) mass is 335 g/mol. The summed E-state index contributed by atoms with van der Waals surface area (Å²) in [7, 11) is 0. The van der Waals surface area contributed by atoms with E-state index in [1.165, 1.54) is 0 Å². The van der Waals surface area contributed by atoms with Crippen molar-refractivity contribution in [3.05, 3.63) is 59.8 Å².